The highest BCUT2D eigenvalue weighted by atomic mass is 16.3. The number of benzene rings is 1. The van der Waals surface area contributed by atoms with Crippen LogP contribution < -0.4 is 0 Å². The third-order valence-electron chi connectivity index (χ3n) is 4.36. The molecular weight excluding hydrogens is 276 g/mol. The molecule has 1 aliphatic rings. The number of hydrogen-bond acceptors (Lipinski definition) is 3. The van der Waals surface area contributed by atoms with Gasteiger partial charge in [-0.25, -0.2) is 0 Å². The molecule has 0 heterocycles. The quantitative estimate of drug-likeness (QED) is 0.736. The first kappa shape index (κ1) is 16.4. The Bertz CT molecular complexity index is 617. The molecule has 0 bridgehead atoms. The average Bonchev–Trinajstić information content (AvgIpc) is 2.41. The standard InChI is InChI=1S/C19H24O3/c1-5-6-13-8-17(21)19(18(22)9-13)15-7-12(4)16(20)10-14(15)11(2)3/h5-9,14-16,20-22H,2,10H2,1,3-4H3/b6-5+/t14-,15+,16-/m0/s1. The van der Waals surface area contributed by atoms with Crippen molar-refractivity contribution < 1.29 is 15.3 Å². The van der Waals surface area contributed by atoms with E-state index in [1.54, 1.807) is 12.1 Å². The van der Waals surface area contributed by atoms with E-state index in [0.717, 1.165) is 16.7 Å². The molecule has 0 aliphatic heterocycles. The number of allylic oxidation sites excluding steroid dienone is 3. The van der Waals surface area contributed by atoms with E-state index >= 15 is 0 Å². The molecule has 0 fully saturated rings. The molecule has 1 aliphatic carbocycles. The van der Waals surface area contributed by atoms with Crippen LogP contribution in [0.25, 0.3) is 6.08 Å². The first-order chi connectivity index (χ1) is 10.3. The summed E-state index contributed by atoms with van der Waals surface area (Å²) in [6.45, 7) is 9.68. The van der Waals surface area contributed by atoms with Gasteiger partial charge in [0.05, 0.1) is 6.10 Å². The molecule has 0 saturated carbocycles. The van der Waals surface area contributed by atoms with E-state index in [9.17, 15) is 15.3 Å². The van der Waals surface area contributed by atoms with Gasteiger partial charge in [0.2, 0.25) is 0 Å². The molecule has 0 radical (unpaired) electrons. The molecule has 0 saturated heterocycles. The second kappa shape index (κ2) is 6.41. The Balaban J connectivity index is 2.55. The van der Waals surface area contributed by atoms with E-state index < -0.39 is 6.10 Å². The lowest BCUT2D eigenvalue weighted by Crippen LogP contribution is -2.26. The van der Waals surface area contributed by atoms with Crippen molar-refractivity contribution in [1.82, 2.24) is 0 Å². The molecular formula is C19H24O3. The molecule has 1 aromatic rings. The van der Waals surface area contributed by atoms with Crippen LogP contribution in [0, 0.1) is 5.92 Å². The number of aliphatic hydroxyl groups excluding tert-OH is 1. The van der Waals surface area contributed by atoms with Crippen LogP contribution >= 0.6 is 0 Å². The van der Waals surface area contributed by atoms with Crippen LogP contribution in [0.2, 0.25) is 0 Å². The highest BCUT2D eigenvalue weighted by Gasteiger charge is 2.33. The van der Waals surface area contributed by atoms with Crippen molar-refractivity contribution >= 4 is 6.08 Å². The minimum Gasteiger partial charge on any atom is -0.507 e. The zero-order valence-electron chi connectivity index (χ0n) is 13.4. The van der Waals surface area contributed by atoms with E-state index in [1.165, 1.54) is 0 Å². The molecule has 3 nitrogen and oxygen atoms in total. The summed E-state index contributed by atoms with van der Waals surface area (Å²) in [5.41, 5.74) is 3.06. The lowest BCUT2D eigenvalue weighted by atomic mass is 9.72. The predicted octanol–water partition coefficient (Wildman–Crippen LogP) is 4.12. The van der Waals surface area contributed by atoms with Gasteiger partial charge >= 0.3 is 0 Å². The van der Waals surface area contributed by atoms with E-state index in [0.29, 0.717) is 12.0 Å². The third-order valence-corrected chi connectivity index (χ3v) is 4.36. The van der Waals surface area contributed by atoms with Crippen molar-refractivity contribution in [2.75, 3.05) is 0 Å². The Morgan fingerprint density at radius 2 is 1.86 bits per heavy atom. The maximum atomic E-state index is 10.4. The maximum Gasteiger partial charge on any atom is 0.123 e. The summed E-state index contributed by atoms with van der Waals surface area (Å²) >= 11 is 0. The van der Waals surface area contributed by atoms with Crippen molar-refractivity contribution in [3.63, 3.8) is 0 Å². The highest BCUT2D eigenvalue weighted by Crippen LogP contribution is 2.46. The van der Waals surface area contributed by atoms with Crippen LogP contribution in [0.15, 0.2) is 42.0 Å². The second-order valence-electron chi connectivity index (χ2n) is 6.11. The van der Waals surface area contributed by atoms with Gasteiger partial charge < -0.3 is 15.3 Å². The summed E-state index contributed by atoms with van der Waals surface area (Å²) in [7, 11) is 0. The van der Waals surface area contributed by atoms with Crippen LogP contribution in [0.4, 0.5) is 0 Å². The van der Waals surface area contributed by atoms with E-state index in [-0.39, 0.29) is 23.3 Å². The Morgan fingerprint density at radius 1 is 1.27 bits per heavy atom. The number of hydrogen-bond donors (Lipinski definition) is 3. The molecule has 0 amide bonds. The maximum absolute atomic E-state index is 10.4. The first-order valence-electron chi connectivity index (χ1n) is 7.55. The van der Waals surface area contributed by atoms with Crippen molar-refractivity contribution in [2.24, 2.45) is 5.92 Å². The largest absolute Gasteiger partial charge is 0.507 e. The average molecular weight is 300 g/mol. The molecule has 0 unspecified atom stereocenters. The number of rotatable bonds is 3. The molecule has 118 valence electrons. The smallest absolute Gasteiger partial charge is 0.123 e. The topological polar surface area (TPSA) is 60.7 Å². The molecule has 3 N–H and O–H groups in total. The molecule has 3 atom stereocenters. The first-order valence-corrected chi connectivity index (χ1v) is 7.55. The van der Waals surface area contributed by atoms with Crippen molar-refractivity contribution in [2.45, 2.75) is 39.2 Å². The predicted molar refractivity (Wildman–Crippen MR) is 89.9 cm³/mol. The number of aliphatic hydroxyl groups is 1. The molecule has 3 heteroatoms. The number of aromatic hydroxyl groups is 2. The van der Waals surface area contributed by atoms with Crippen LogP contribution in [0.5, 0.6) is 11.5 Å². The lowest BCUT2D eigenvalue weighted by molar-refractivity contribution is 0.168. The zero-order valence-corrected chi connectivity index (χ0v) is 13.4. The number of phenols is 2. The summed E-state index contributed by atoms with van der Waals surface area (Å²) in [5, 5.41) is 30.8. The fourth-order valence-corrected chi connectivity index (χ4v) is 3.15. The summed E-state index contributed by atoms with van der Waals surface area (Å²) < 4.78 is 0. The minimum atomic E-state index is -0.496. The van der Waals surface area contributed by atoms with Gasteiger partial charge in [0.25, 0.3) is 0 Å². The summed E-state index contributed by atoms with van der Waals surface area (Å²) in [5.74, 6) is -0.0433. The minimum absolute atomic E-state index is 0.0110. The number of phenolic OH excluding ortho intramolecular Hbond substituents is 2. The van der Waals surface area contributed by atoms with Gasteiger partial charge in [0.1, 0.15) is 11.5 Å². The Morgan fingerprint density at radius 3 is 2.36 bits per heavy atom. The molecule has 0 aromatic heterocycles. The monoisotopic (exact) mass is 300 g/mol. The lowest BCUT2D eigenvalue weighted by Gasteiger charge is -2.34. The van der Waals surface area contributed by atoms with Gasteiger partial charge in [0.15, 0.2) is 0 Å². The molecule has 22 heavy (non-hydrogen) atoms. The van der Waals surface area contributed by atoms with Crippen LogP contribution in [-0.4, -0.2) is 21.4 Å². The fourth-order valence-electron chi connectivity index (χ4n) is 3.15. The Kier molecular flexibility index (Phi) is 4.77. The Hall–Kier alpha value is -2.00. The Labute approximate surface area is 131 Å². The normalized spacial score (nSPS) is 25.3. The van der Waals surface area contributed by atoms with Crippen molar-refractivity contribution in [3.8, 4) is 11.5 Å². The summed E-state index contributed by atoms with van der Waals surface area (Å²) in [4.78, 5) is 0. The van der Waals surface area contributed by atoms with Crippen LogP contribution in [-0.2, 0) is 0 Å². The van der Waals surface area contributed by atoms with E-state index in [4.69, 9.17) is 0 Å². The van der Waals surface area contributed by atoms with Gasteiger partial charge in [0, 0.05) is 11.5 Å². The van der Waals surface area contributed by atoms with Gasteiger partial charge in [-0.15, -0.1) is 0 Å². The van der Waals surface area contributed by atoms with Crippen molar-refractivity contribution in [3.05, 3.63) is 53.1 Å². The molecule has 0 spiro atoms. The van der Waals surface area contributed by atoms with E-state index in [2.05, 4.69) is 6.58 Å². The molecule has 2 rings (SSSR count). The molecule has 1 aromatic carbocycles. The third kappa shape index (κ3) is 3.09. The van der Waals surface area contributed by atoms with Gasteiger partial charge in [-0.1, -0.05) is 30.4 Å². The SMILES string of the molecule is C=C(C)[C@@H]1C[C@H](O)C(C)=C[C@H]1c1c(O)cc(/C=C/C)cc1O. The van der Waals surface area contributed by atoms with Crippen molar-refractivity contribution in [1.29, 1.82) is 0 Å². The van der Waals surface area contributed by atoms with E-state index in [1.807, 2.05) is 39.0 Å². The zero-order chi connectivity index (χ0) is 16.4. The van der Waals surface area contributed by atoms with Crippen LogP contribution in [0.1, 0.15) is 44.2 Å². The fraction of sp³-hybridized carbons (Fsp3) is 0.368. The highest BCUT2D eigenvalue weighted by molar-refractivity contribution is 5.60. The van der Waals surface area contributed by atoms with Crippen LogP contribution in [0.3, 0.4) is 0 Å². The summed E-state index contributed by atoms with van der Waals surface area (Å²) in [6, 6.07) is 3.30. The second-order valence-corrected chi connectivity index (χ2v) is 6.11. The summed E-state index contributed by atoms with van der Waals surface area (Å²) in [6.07, 6.45) is 5.66. The van der Waals surface area contributed by atoms with Gasteiger partial charge in [-0.05, 0) is 56.4 Å². The van der Waals surface area contributed by atoms with Gasteiger partial charge in [-0.3, -0.25) is 0 Å². The van der Waals surface area contributed by atoms with Gasteiger partial charge in [-0.2, -0.15) is 0 Å².